The van der Waals surface area contributed by atoms with E-state index in [2.05, 4.69) is 11.2 Å². The van der Waals surface area contributed by atoms with Crippen LogP contribution in [0.5, 0.6) is 5.88 Å². The topological polar surface area (TPSA) is 75.5 Å². The zero-order valence-electron chi connectivity index (χ0n) is 18.1. The quantitative estimate of drug-likeness (QED) is 0.512. The Morgan fingerprint density at radius 3 is 2.69 bits per heavy atom. The van der Waals surface area contributed by atoms with Crippen LogP contribution in [0.1, 0.15) is 57.6 Å². The lowest BCUT2D eigenvalue weighted by Gasteiger charge is -2.28. The van der Waals surface area contributed by atoms with Crippen molar-refractivity contribution in [2.45, 2.75) is 65.4 Å². The molecule has 1 saturated carbocycles. The van der Waals surface area contributed by atoms with Gasteiger partial charge in [-0.1, -0.05) is 0 Å². The lowest BCUT2D eigenvalue weighted by Crippen LogP contribution is -2.30. The monoisotopic (exact) mass is 399 g/mol. The molecule has 158 valence electrons. The zero-order valence-corrected chi connectivity index (χ0v) is 18.1. The molecule has 6 nitrogen and oxygen atoms in total. The molecule has 1 saturated heterocycles. The van der Waals surface area contributed by atoms with Gasteiger partial charge in [0.1, 0.15) is 5.60 Å². The number of aromatic nitrogens is 1. The molecule has 2 fully saturated rings. The van der Waals surface area contributed by atoms with E-state index in [9.17, 15) is 4.79 Å². The first kappa shape index (κ1) is 21.4. The first-order valence-corrected chi connectivity index (χ1v) is 10.7. The Kier molecular flexibility index (Phi) is 6.66. The number of nitrogens with zero attached hydrogens (tertiary/aromatic N) is 3. The minimum atomic E-state index is -0.476. The first-order chi connectivity index (χ1) is 13.7. The van der Waals surface area contributed by atoms with Crippen molar-refractivity contribution >= 4 is 5.97 Å². The highest BCUT2D eigenvalue weighted by atomic mass is 16.6. The Labute approximate surface area is 174 Å². The molecule has 3 rings (SSSR count). The van der Waals surface area contributed by atoms with Gasteiger partial charge < -0.3 is 14.4 Å². The molecule has 1 aliphatic heterocycles. The summed E-state index contributed by atoms with van der Waals surface area (Å²) in [6.07, 6.45) is 8.83. The van der Waals surface area contributed by atoms with Crippen LogP contribution in [0.4, 0.5) is 0 Å². The highest BCUT2D eigenvalue weighted by molar-refractivity contribution is 5.73. The normalized spacial score (nSPS) is 22.1. The van der Waals surface area contributed by atoms with E-state index in [-0.39, 0.29) is 12.4 Å². The van der Waals surface area contributed by atoms with Crippen LogP contribution in [0.3, 0.4) is 0 Å². The van der Waals surface area contributed by atoms with Crippen molar-refractivity contribution < 1.29 is 14.3 Å². The van der Waals surface area contributed by atoms with Gasteiger partial charge in [0.25, 0.3) is 0 Å². The van der Waals surface area contributed by atoms with Crippen LogP contribution in [-0.2, 0) is 16.0 Å². The van der Waals surface area contributed by atoms with E-state index in [1.165, 1.54) is 6.42 Å². The van der Waals surface area contributed by atoms with E-state index >= 15 is 0 Å². The molecular weight excluding hydrogens is 366 g/mol. The SMILES string of the molecule is Cc1cc(CC(=O)OC(C)(C)C)cnc1OCC[C@@H]1C[C@@H]1C1CCN(C#N)CC1. The summed E-state index contributed by atoms with van der Waals surface area (Å²) in [4.78, 5) is 18.3. The number of esters is 1. The van der Waals surface area contributed by atoms with Crippen LogP contribution in [0.25, 0.3) is 0 Å². The number of aryl methyl sites for hydroxylation is 1. The summed E-state index contributed by atoms with van der Waals surface area (Å²) in [5.74, 6) is 2.74. The molecule has 2 aliphatic rings. The van der Waals surface area contributed by atoms with Gasteiger partial charge in [-0.15, -0.1) is 0 Å². The molecule has 29 heavy (non-hydrogen) atoms. The predicted octanol–water partition coefficient (Wildman–Crippen LogP) is 3.87. The number of carbonyl (C=O) groups excluding carboxylic acids is 1. The largest absolute Gasteiger partial charge is 0.477 e. The summed E-state index contributed by atoms with van der Waals surface area (Å²) in [7, 11) is 0. The molecule has 0 N–H and O–H groups in total. The van der Waals surface area contributed by atoms with Crippen LogP contribution in [-0.4, -0.2) is 41.2 Å². The predicted molar refractivity (Wildman–Crippen MR) is 110 cm³/mol. The van der Waals surface area contributed by atoms with Gasteiger partial charge in [0.05, 0.1) is 13.0 Å². The lowest BCUT2D eigenvalue weighted by molar-refractivity contribution is -0.153. The van der Waals surface area contributed by atoms with Crippen molar-refractivity contribution in [3.05, 3.63) is 23.4 Å². The smallest absolute Gasteiger partial charge is 0.310 e. The lowest BCUT2D eigenvalue weighted by atomic mass is 9.91. The zero-order chi connectivity index (χ0) is 21.0. The summed E-state index contributed by atoms with van der Waals surface area (Å²) in [5, 5.41) is 8.97. The van der Waals surface area contributed by atoms with Crippen molar-refractivity contribution in [3.8, 4) is 12.1 Å². The van der Waals surface area contributed by atoms with Crippen LogP contribution in [0.2, 0.25) is 0 Å². The fraction of sp³-hybridized carbons (Fsp3) is 0.696. The van der Waals surface area contributed by atoms with Gasteiger partial charge in [0, 0.05) is 24.8 Å². The molecule has 0 radical (unpaired) electrons. The summed E-state index contributed by atoms with van der Waals surface area (Å²) in [6.45, 7) is 10.1. The maximum Gasteiger partial charge on any atom is 0.310 e. The number of piperidine rings is 1. The van der Waals surface area contributed by atoms with E-state index in [1.807, 2.05) is 38.7 Å². The molecule has 6 heteroatoms. The Hall–Kier alpha value is -2.29. The van der Waals surface area contributed by atoms with E-state index < -0.39 is 5.60 Å². The number of hydrogen-bond acceptors (Lipinski definition) is 6. The molecule has 1 aromatic rings. The second kappa shape index (κ2) is 9.02. The number of hydrogen-bond donors (Lipinski definition) is 0. The van der Waals surface area contributed by atoms with Gasteiger partial charge in [-0.05, 0) is 82.8 Å². The fourth-order valence-corrected chi connectivity index (χ4v) is 4.33. The third-order valence-corrected chi connectivity index (χ3v) is 5.85. The Bertz CT molecular complexity index is 758. The third kappa shape index (κ3) is 6.35. The van der Waals surface area contributed by atoms with E-state index in [0.29, 0.717) is 12.5 Å². The van der Waals surface area contributed by atoms with Gasteiger partial charge in [0.2, 0.25) is 5.88 Å². The highest BCUT2D eigenvalue weighted by Gasteiger charge is 2.43. The maximum atomic E-state index is 12.0. The molecule has 1 aromatic heterocycles. The van der Waals surface area contributed by atoms with Crippen LogP contribution < -0.4 is 4.74 Å². The average molecular weight is 400 g/mol. The third-order valence-electron chi connectivity index (χ3n) is 5.85. The second-order valence-corrected chi connectivity index (χ2v) is 9.45. The summed E-state index contributed by atoms with van der Waals surface area (Å²) in [6, 6.07) is 1.95. The minimum Gasteiger partial charge on any atom is -0.477 e. The Morgan fingerprint density at radius 1 is 1.34 bits per heavy atom. The summed E-state index contributed by atoms with van der Waals surface area (Å²) >= 11 is 0. The number of nitriles is 1. The highest BCUT2D eigenvalue weighted by Crippen LogP contribution is 2.49. The summed E-state index contributed by atoms with van der Waals surface area (Å²) in [5.41, 5.74) is 1.31. The molecule has 0 unspecified atom stereocenters. The number of ether oxygens (including phenoxy) is 2. The first-order valence-electron chi connectivity index (χ1n) is 10.7. The van der Waals surface area contributed by atoms with Crippen molar-refractivity contribution in [2.75, 3.05) is 19.7 Å². The fourth-order valence-electron chi connectivity index (χ4n) is 4.33. The number of carbonyl (C=O) groups is 1. The van der Waals surface area contributed by atoms with E-state index in [0.717, 1.165) is 61.2 Å². The standard InChI is InChI=1S/C23H33N3O3/c1-16-11-17(12-21(27)29-23(2,3)4)14-25-22(16)28-10-7-19-13-20(19)18-5-8-26(15-24)9-6-18/h11,14,18-20H,5-10,12-13H2,1-4H3/t19-,20-/m1/s1. The molecule has 0 aromatic carbocycles. The molecule has 0 amide bonds. The second-order valence-electron chi connectivity index (χ2n) is 9.45. The van der Waals surface area contributed by atoms with E-state index in [4.69, 9.17) is 14.7 Å². The van der Waals surface area contributed by atoms with Crippen molar-refractivity contribution in [1.29, 1.82) is 5.26 Å². The molecule has 2 atom stereocenters. The van der Waals surface area contributed by atoms with Crippen LogP contribution in [0.15, 0.2) is 12.3 Å². The van der Waals surface area contributed by atoms with Gasteiger partial charge in [-0.2, -0.15) is 5.26 Å². The van der Waals surface area contributed by atoms with Gasteiger partial charge >= 0.3 is 5.97 Å². The van der Waals surface area contributed by atoms with Gasteiger partial charge in [-0.25, -0.2) is 4.98 Å². The molecule has 1 aliphatic carbocycles. The molecule has 0 bridgehead atoms. The summed E-state index contributed by atoms with van der Waals surface area (Å²) < 4.78 is 11.3. The Balaban J connectivity index is 1.39. The number of rotatable bonds is 7. The van der Waals surface area contributed by atoms with Crippen molar-refractivity contribution in [3.63, 3.8) is 0 Å². The van der Waals surface area contributed by atoms with Crippen LogP contribution >= 0.6 is 0 Å². The Morgan fingerprint density at radius 2 is 2.07 bits per heavy atom. The van der Waals surface area contributed by atoms with Gasteiger partial charge in [0.15, 0.2) is 6.19 Å². The molecule has 2 heterocycles. The van der Waals surface area contributed by atoms with E-state index in [1.54, 1.807) is 6.20 Å². The van der Waals surface area contributed by atoms with Crippen molar-refractivity contribution in [2.24, 2.45) is 17.8 Å². The molecule has 0 spiro atoms. The number of pyridine rings is 1. The average Bonchev–Trinajstić information content (AvgIpc) is 3.41. The number of likely N-dealkylation sites (tertiary alicyclic amines) is 1. The van der Waals surface area contributed by atoms with Crippen molar-refractivity contribution in [1.82, 2.24) is 9.88 Å². The van der Waals surface area contributed by atoms with Crippen LogP contribution in [0, 0.1) is 36.1 Å². The van der Waals surface area contributed by atoms with Gasteiger partial charge in [-0.3, -0.25) is 4.79 Å². The molecular formula is C23H33N3O3. The maximum absolute atomic E-state index is 12.0. The minimum absolute atomic E-state index is 0.222.